The van der Waals surface area contributed by atoms with Gasteiger partial charge in [-0.15, -0.1) is 12.6 Å². The van der Waals surface area contributed by atoms with Crippen LogP contribution < -0.4 is 10.1 Å². The van der Waals surface area contributed by atoms with Crippen molar-refractivity contribution < 1.29 is 9.53 Å². The zero-order chi connectivity index (χ0) is 21.3. The molecule has 0 unspecified atom stereocenters. The standard InChI is InChI=1S/C22H18ClN3O2S2/c1-12-17(3-2-10-25-12)28-22-18-16(9-4-13(11-24)19(18)29)20(30-22)21(27)26-15-7-5-14(23)6-8-15/h2-3,5-8,10-11,24,29H,4,9H2,1H3,(H,26,27). The predicted octanol–water partition coefficient (Wildman–Crippen LogP) is 6.39. The molecule has 1 aliphatic carbocycles. The topological polar surface area (TPSA) is 75.1 Å². The van der Waals surface area contributed by atoms with Gasteiger partial charge in [-0.3, -0.25) is 9.78 Å². The van der Waals surface area contributed by atoms with Crippen molar-refractivity contribution in [3.8, 4) is 10.8 Å². The maximum Gasteiger partial charge on any atom is 0.266 e. The second-order valence-corrected chi connectivity index (χ2v) is 8.61. The molecule has 0 atom stereocenters. The number of thiophene rings is 1. The number of aromatic nitrogens is 1. The lowest BCUT2D eigenvalue weighted by Crippen LogP contribution is -2.13. The second kappa shape index (κ2) is 8.63. The summed E-state index contributed by atoms with van der Waals surface area (Å²) in [7, 11) is 0. The van der Waals surface area contributed by atoms with Crippen LogP contribution in [0.4, 0.5) is 5.69 Å². The molecule has 0 spiro atoms. The fraction of sp³-hybridized carbons (Fsp3) is 0.136. The van der Waals surface area contributed by atoms with Crippen molar-refractivity contribution in [1.82, 2.24) is 4.98 Å². The lowest BCUT2D eigenvalue weighted by molar-refractivity contribution is 0.102. The highest BCUT2D eigenvalue weighted by Gasteiger charge is 2.29. The molecule has 3 aromatic rings. The fourth-order valence-electron chi connectivity index (χ4n) is 3.25. The summed E-state index contributed by atoms with van der Waals surface area (Å²) in [5.41, 5.74) is 3.89. The predicted molar refractivity (Wildman–Crippen MR) is 126 cm³/mol. The molecule has 1 aliphatic rings. The van der Waals surface area contributed by atoms with E-state index in [1.807, 2.05) is 13.0 Å². The first-order valence-corrected chi connectivity index (χ1v) is 10.9. The van der Waals surface area contributed by atoms with Gasteiger partial charge >= 0.3 is 0 Å². The molecule has 5 nitrogen and oxygen atoms in total. The molecule has 0 fully saturated rings. The lowest BCUT2D eigenvalue weighted by Gasteiger charge is -2.17. The number of carbonyl (C=O) groups is 1. The van der Waals surface area contributed by atoms with E-state index in [0.717, 1.165) is 22.4 Å². The maximum absolute atomic E-state index is 13.1. The van der Waals surface area contributed by atoms with Gasteiger partial charge in [0.2, 0.25) is 0 Å². The van der Waals surface area contributed by atoms with Crippen molar-refractivity contribution in [1.29, 1.82) is 5.41 Å². The van der Waals surface area contributed by atoms with Gasteiger partial charge in [0.1, 0.15) is 5.75 Å². The second-order valence-electron chi connectivity index (χ2n) is 6.74. The third-order valence-electron chi connectivity index (χ3n) is 4.80. The molecule has 0 saturated carbocycles. The molecule has 1 aromatic carbocycles. The van der Waals surface area contributed by atoms with Gasteiger partial charge in [0.25, 0.3) is 5.91 Å². The first kappa shape index (κ1) is 20.7. The number of benzene rings is 1. The minimum absolute atomic E-state index is 0.212. The number of pyridine rings is 1. The smallest absolute Gasteiger partial charge is 0.266 e. The Bertz CT molecular complexity index is 1170. The number of hydrogen-bond donors (Lipinski definition) is 3. The number of rotatable bonds is 5. The number of carbonyl (C=O) groups excluding carboxylic acids is 1. The van der Waals surface area contributed by atoms with Crippen LogP contribution in [-0.4, -0.2) is 17.1 Å². The number of allylic oxidation sites excluding steroid dienone is 1. The Morgan fingerprint density at radius 3 is 2.77 bits per heavy atom. The highest BCUT2D eigenvalue weighted by atomic mass is 35.5. The number of halogens is 1. The summed E-state index contributed by atoms with van der Waals surface area (Å²) < 4.78 is 6.17. The summed E-state index contributed by atoms with van der Waals surface area (Å²) in [5, 5.41) is 11.8. The lowest BCUT2D eigenvalue weighted by atomic mass is 9.93. The molecule has 0 radical (unpaired) electrons. The molecule has 30 heavy (non-hydrogen) atoms. The first-order valence-electron chi connectivity index (χ1n) is 9.23. The van der Waals surface area contributed by atoms with E-state index in [1.165, 1.54) is 17.6 Å². The van der Waals surface area contributed by atoms with Gasteiger partial charge in [0, 0.05) is 33.6 Å². The maximum atomic E-state index is 13.1. The molecule has 2 aromatic heterocycles. The quantitative estimate of drug-likeness (QED) is 0.308. The fourth-order valence-corrected chi connectivity index (χ4v) is 4.98. The van der Waals surface area contributed by atoms with Crippen LogP contribution in [0.1, 0.15) is 32.9 Å². The number of hydrogen-bond acceptors (Lipinski definition) is 6. The van der Waals surface area contributed by atoms with E-state index in [-0.39, 0.29) is 5.91 Å². The number of ether oxygens (including phenoxy) is 1. The van der Waals surface area contributed by atoms with Crippen molar-refractivity contribution in [3.63, 3.8) is 0 Å². The van der Waals surface area contributed by atoms with Gasteiger partial charge in [-0.05, 0) is 67.3 Å². The molecule has 1 amide bonds. The highest BCUT2D eigenvalue weighted by Crippen LogP contribution is 2.48. The normalized spacial score (nSPS) is 13.0. The van der Waals surface area contributed by atoms with E-state index in [2.05, 4.69) is 22.9 Å². The van der Waals surface area contributed by atoms with E-state index >= 15 is 0 Å². The Kier molecular flexibility index (Phi) is 5.94. The first-order chi connectivity index (χ1) is 14.5. The largest absolute Gasteiger partial charge is 0.444 e. The van der Waals surface area contributed by atoms with E-state index in [0.29, 0.717) is 44.1 Å². The summed E-state index contributed by atoms with van der Waals surface area (Å²) in [6.45, 7) is 1.87. The van der Waals surface area contributed by atoms with Gasteiger partial charge in [0.15, 0.2) is 5.06 Å². The Morgan fingerprint density at radius 1 is 1.30 bits per heavy atom. The Balaban J connectivity index is 1.76. The van der Waals surface area contributed by atoms with E-state index in [1.54, 1.807) is 36.5 Å². The summed E-state index contributed by atoms with van der Waals surface area (Å²) in [6.07, 6.45) is 4.31. The van der Waals surface area contributed by atoms with Crippen LogP contribution in [-0.2, 0) is 6.42 Å². The number of aryl methyl sites for hydroxylation is 1. The van der Waals surface area contributed by atoms with E-state index in [9.17, 15) is 4.79 Å². The van der Waals surface area contributed by atoms with E-state index < -0.39 is 0 Å². The highest BCUT2D eigenvalue weighted by molar-refractivity contribution is 7.90. The van der Waals surface area contributed by atoms with Crippen LogP contribution in [0.5, 0.6) is 10.8 Å². The number of amides is 1. The number of anilines is 1. The Hall–Kier alpha value is -2.61. The third kappa shape index (κ3) is 4.01. The van der Waals surface area contributed by atoms with Crippen molar-refractivity contribution >= 4 is 58.3 Å². The molecule has 0 bridgehead atoms. The number of nitrogens with one attached hydrogen (secondary N) is 2. The Morgan fingerprint density at radius 2 is 2.07 bits per heavy atom. The number of fused-ring (bicyclic) bond motifs is 1. The summed E-state index contributed by atoms with van der Waals surface area (Å²) in [6, 6.07) is 10.6. The molecule has 0 aliphatic heterocycles. The summed E-state index contributed by atoms with van der Waals surface area (Å²) >= 11 is 11.9. The molecule has 152 valence electrons. The molecule has 2 heterocycles. The van der Waals surface area contributed by atoms with Crippen molar-refractivity contribution in [3.05, 3.63) is 74.9 Å². The van der Waals surface area contributed by atoms with Crippen molar-refractivity contribution in [2.24, 2.45) is 0 Å². The van der Waals surface area contributed by atoms with Gasteiger partial charge in [-0.2, -0.15) is 0 Å². The van der Waals surface area contributed by atoms with Crippen molar-refractivity contribution in [2.45, 2.75) is 19.8 Å². The SMILES string of the molecule is Cc1ncccc1Oc1sc(C(=O)Nc2ccc(Cl)cc2)c2c1C(S)=C(C=N)CC2. The van der Waals surface area contributed by atoms with Crippen LogP contribution in [0, 0.1) is 12.3 Å². The zero-order valence-electron chi connectivity index (χ0n) is 16.0. The summed E-state index contributed by atoms with van der Waals surface area (Å²) in [4.78, 5) is 18.6. The van der Waals surface area contributed by atoms with Gasteiger partial charge in [-0.1, -0.05) is 22.9 Å². The van der Waals surface area contributed by atoms with Crippen LogP contribution in [0.3, 0.4) is 0 Å². The van der Waals surface area contributed by atoms with Crippen LogP contribution in [0.25, 0.3) is 4.91 Å². The monoisotopic (exact) mass is 455 g/mol. The third-order valence-corrected chi connectivity index (χ3v) is 6.68. The molecule has 4 rings (SSSR count). The minimum Gasteiger partial charge on any atom is -0.444 e. The van der Waals surface area contributed by atoms with Crippen molar-refractivity contribution in [2.75, 3.05) is 5.32 Å². The zero-order valence-corrected chi connectivity index (χ0v) is 18.5. The van der Waals surface area contributed by atoms with Gasteiger partial charge in [0.05, 0.1) is 10.6 Å². The Labute approximate surface area is 188 Å². The van der Waals surface area contributed by atoms with Crippen LogP contribution in [0.15, 0.2) is 48.2 Å². The number of thiol groups is 1. The molecule has 8 heteroatoms. The van der Waals surface area contributed by atoms with E-state index in [4.69, 9.17) is 21.7 Å². The minimum atomic E-state index is -0.212. The summed E-state index contributed by atoms with van der Waals surface area (Å²) in [5.74, 6) is 0.407. The van der Waals surface area contributed by atoms with Gasteiger partial charge in [-0.25, -0.2) is 0 Å². The average molecular weight is 456 g/mol. The van der Waals surface area contributed by atoms with Crippen LogP contribution in [0.2, 0.25) is 5.02 Å². The van der Waals surface area contributed by atoms with Gasteiger partial charge < -0.3 is 15.5 Å². The average Bonchev–Trinajstić information content (AvgIpc) is 3.11. The molecular formula is C22H18ClN3O2S2. The molecule has 2 N–H and O–H groups in total. The van der Waals surface area contributed by atoms with Crippen LogP contribution >= 0.6 is 35.6 Å². The molecular weight excluding hydrogens is 438 g/mol. The molecule has 0 saturated heterocycles. The number of nitrogens with zero attached hydrogens (tertiary/aromatic N) is 1.